The van der Waals surface area contributed by atoms with Crippen LogP contribution < -0.4 is 5.32 Å². The van der Waals surface area contributed by atoms with Gasteiger partial charge in [-0.3, -0.25) is 9.59 Å². The number of unbranched alkanes of at least 4 members (excludes halogenated alkanes) is 2. The molecule has 0 unspecified atom stereocenters. The summed E-state index contributed by atoms with van der Waals surface area (Å²) in [5.74, 6) is -1.57. The van der Waals surface area contributed by atoms with Crippen LogP contribution in [0.1, 0.15) is 38.5 Å². The smallest absolute Gasteiger partial charge is 0.303 e. The minimum Gasteiger partial charge on any atom is -0.481 e. The van der Waals surface area contributed by atoms with Crippen LogP contribution in [-0.4, -0.2) is 67.9 Å². The Morgan fingerprint density at radius 1 is 1.05 bits per heavy atom. The van der Waals surface area contributed by atoms with Crippen molar-refractivity contribution in [2.45, 2.75) is 62.4 Å². The molecule has 0 aromatic heterocycles. The van der Waals surface area contributed by atoms with E-state index in [1.54, 1.807) is 0 Å². The van der Waals surface area contributed by atoms with Crippen molar-refractivity contribution >= 4 is 11.9 Å². The molecular formula is C13H23NO7. The third-order valence-electron chi connectivity index (χ3n) is 3.66. The Morgan fingerprint density at radius 2 is 1.62 bits per heavy atom. The Kier molecular flexibility index (Phi) is 6.53. The normalized spacial score (nSPS) is 32.7. The molecule has 0 spiro atoms. The van der Waals surface area contributed by atoms with Crippen LogP contribution in [-0.2, 0) is 9.59 Å². The Hall–Kier alpha value is -1.22. The number of hydrogen-bond acceptors (Lipinski definition) is 6. The number of aliphatic hydroxyl groups is 4. The van der Waals surface area contributed by atoms with Gasteiger partial charge in [-0.25, -0.2) is 0 Å². The first-order chi connectivity index (χ1) is 9.76. The van der Waals surface area contributed by atoms with Crippen LogP contribution in [0.3, 0.4) is 0 Å². The van der Waals surface area contributed by atoms with E-state index in [2.05, 4.69) is 5.32 Å². The van der Waals surface area contributed by atoms with Gasteiger partial charge in [-0.2, -0.15) is 0 Å². The Morgan fingerprint density at radius 3 is 2.14 bits per heavy atom. The standard InChI is InChI=1S/C13H23NO7/c15-8-6-13(21,7-9(16)11(8)19)12(20)14-5-3-1-2-4-10(17)18/h8-9,11,15-16,19,21H,1-7H2,(H,14,20)(H,17,18)/t8-,9-,11?,13?/m1/s1. The lowest BCUT2D eigenvalue weighted by Crippen LogP contribution is -2.59. The summed E-state index contributed by atoms with van der Waals surface area (Å²) in [4.78, 5) is 22.2. The van der Waals surface area contributed by atoms with E-state index in [0.717, 1.165) is 0 Å². The van der Waals surface area contributed by atoms with Gasteiger partial charge in [-0.1, -0.05) is 6.42 Å². The van der Waals surface area contributed by atoms with Crippen LogP contribution in [0.4, 0.5) is 0 Å². The molecule has 1 fully saturated rings. The maximum Gasteiger partial charge on any atom is 0.303 e. The molecule has 6 N–H and O–H groups in total. The number of carbonyl (C=O) groups excluding carboxylic acids is 1. The second kappa shape index (κ2) is 7.69. The number of carboxylic acid groups (broad SMARTS) is 1. The first-order valence-corrected chi connectivity index (χ1v) is 7.03. The van der Waals surface area contributed by atoms with E-state index >= 15 is 0 Å². The highest BCUT2D eigenvalue weighted by Crippen LogP contribution is 2.29. The van der Waals surface area contributed by atoms with Gasteiger partial charge in [0.05, 0.1) is 12.2 Å². The van der Waals surface area contributed by atoms with E-state index in [1.807, 2.05) is 0 Å². The highest BCUT2D eigenvalue weighted by Gasteiger charge is 2.48. The first-order valence-electron chi connectivity index (χ1n) is 7.03. The van der Waals surface area contributed by atoms with Crippen molar-refractivity contribution in [3.63, 3.8) is 0 Å². The van der Waals surface area contributed by atoms with E-state index in [0.29, 0.717) is 19.3 Å². The second-order valence-corrected chi connectivity index (χ2v) is 5.53. The summed E-state index contributed by atoms with van der Waals surface area (Å²) in [6, 6.07) is 0. The van der Waals surface area contributed by atoms with Crippen molar-refractivity contribution in [3.05, 3.63) is 0 Å². The second-order valence-electron chi connectivity index (χ2n) is 5.53. The van der Waals surface area contributed by atoms with Gasteiger partial charge in [0.25, 0.3) is 5.91 Å². The third kappa shape index (κ3) is 5.24. The quantitative estimate of drug-likeness (QED) is 0.309. The molecule has 122 valence electrons. The largest absolute Gasteiger partial charge is 0.481 e. The maximum absolute atomic E-state index is 11.9. The zero-order chi connectivity index (χ0) is 16.0. The van der Waals surface area contributed by atoms with Crippen LogP contribution in [0, 0.1) is 0 Å². The molecule has 0 aromatic rings. The lowest BCUT2D eigenvalue weighted by Gasteiger charge is -2.39. The highest BCUT2D eigenvalue weighted by molar-refractivity contribution is 5.85. The van der Waals surface area contributed by atoms with Crippen LogP contribution in [0.5, 0.6) is 0 Å². The van der Waals surface area contributed by atoms with Gasteiger partial charge in [0.15, 0.2) is 0 Å². The van der Waals surface area contributed by atoms with Crippen molar-refractivity contribution in [2.75, 3.05) is 6.54 Å². The minimum atomic E-state index is -1.90. The summed E-state index contributed by atoms with van der Waals surface area (Å²) in [5.41, 5.74) is -1.90. The Bertz CT molecular complexity index is 362. The number of carboxylic acids is 1. The lowest BCUT2D eigenvalue weighted by molar-refractivity contribution is -0.172. The Balaban J connectivity index is 2.32. The third-order valence-corrected chi connectivity index (χ3v) is 3.66. The van der Waals surface area contributed by atoms with Gasteiger partial charge in [0.2, 0.25) is 0 Å². The molecule has 2 atom stereocenters. The Labute approximate surface area is 122 Å². The molecule has 0 aliphatic heterocycles. The maximum atomic E-state index is 11.9. The van der Waals surface area contributed by atoms with Crippen LogP contribution in [0.25, 0.3) is 0 Å². The van der Waals surface area contributed by atoms with Gasteiger partial charge < -0.3 is 30.8 Å². The summed E-state index contributed by atoms with van der Waals surface area (Å²) in [6.07, 6.45) is -2.97. The number of nitrogens with one attached hydrogen (secondary N) is 1. The van der Waals surface area contributed by atoms with E-state index in [1.165, 1.54) is 0 Å². The molecule has 8 nitrogen and oxygen atoms in total. The molecule has 1 saturated carbocycles. The molecular weight excluding hydrogens is 282 g/mol. The molecule has 0 heterocycles. The number of hydrogen-bond donors (Lipinski definition) is 6. The molecule has 1 rings (SSSR count). The monoisotopic (exact) mass is 305 g/mol. The van der Waals surface area contributed by atoms with Gasteiger partial charge in [0, 0.05) is 25.8 Å². The summed E-state index contributed by atoms with van der Waals surface area (Å²) in [5, 5.41) is 49.5. The molecule has 1 aliphatic rings. The molecule has 0 bridgehead atoms. The highest BCUT2D eigenvalue weighted by atomic mass is 16.4. The molecule has 8 heteroatoms. The zero-order valence-corrected chi connectivity index (χ0v) is 11.7. The SMILES string of the molecule is O=C(O)CCCCCNC(=O)C1(O)C[C@@H](O)C(O)[C@H](O)C1. The van der Waals surface area contributed by atoms with Crippen LogP contribution >= 0.6 is 0 Å². The molecule has 1 aliphatic carbocycles. The van der Waals surface area contributed by atoms with Crippen molar-refractivity contribution in [3.8, 4) is 0 Å². The van der Waals surface area contributed by atoms with E-state index in [-0.39, 0.29) is 25.8 Å². The minimum absolute atomic E-state index is 0.0775. The molecule has 21 heavy (non-hydrogen) atoms. The van der Waals surface area contributed by atoms with Crippen molar-refractivity contribution in [1.29, 1.82) is 0 Å². The van der Waals surface area contributed by atoms with Crippen LogP contribution in [0.2, 0.25) is 0 Å². The first kappa shape index (κ1) is 17.8. The van der Waals surface area contributed by atoms with Gasteiger partial charge in [-0.15, -0.1) is 0 Å². The topological polar surface area (TPSA) is 147 Å². The van der Waals surface area contributed by atoms with Gasteiger partial charge in [0.1, 0.15) is 11.7 Å². The van der Waals surface area contributed by atoms with Gasteiger partial charge in [-0.05, 0) is 12.8 Å². The average Bonchev–Trinajstić information content (AvgIpc) is 2.39. The summed E-state index contributed by atoms with van der Waals surface area (Å²) < 4.78 is 0. The number of carbonyl (C=O) groups is 2. The number of aliphatic hydroxyl groups excluding tert-OH is 3. The fraction of sp³-hybridized carbons (Fsp3) is 0.846. The zero-order valence-electron chi connectivity index (χ0n) is 11.7. The molecule has 0 radical (unpaired) electrons. The van der Waals surface area contributed by atoms with E-state index in [4.69, 9.17) is 5.11 Å². The predicted molar refractivity (Wildman–Crippen MR) is 71.3 cm³/mol. The van der Waals surface area contributed by atoms with E-state index < -0.39 is 35.8 Å². The van der Waals surface area contributed by atoms with Crippen molar-refractivity contribution in [2.24, 2.45) is 0 Å². The number of amides is 1. The number of rotatable bonds is 7. The fourth-order valence-electron chi connectivity index (χ4n) is 2.40. The van der Waals surface area contributed by atoms with Crippen molar-refractivity contribution < 1.29 is 35.1 Å². The van der Waals surface area contributed by atoms with E-state index in [9.17, 15) is 30.0 Å². The predicted octanol–water partition coefficient (Wildman–Crippen LogP) is -1.64. The van der Waals surface area contributed by atoms with Crippen molar-refractivity contribution in [1.82, 2.24) is 5.32 Å². The average molecular weight is 305 g/mol. The number of aliphatic carboxylic acids is 1. The van der Waals surface area contributed by atoms with Crippen LogP contribution in [0.15, 0.2) is 0 Å². The molecule has 0 aromatic carbocycles. The summed E-state index contributed by atoms with van der Waals surface area (Å²) in [6.45, 7) is 0.273. The molecule has 0 saturated heterocycles. The lowest BCUT2D eigenvalue weighted by atomic mass is 9.79. The summed E-state index contributed by atoms with van der Waals surface area (Å²) in [7, 11) is 0. The summed E-state index contributed by atoms with van der Waals surface area (Å²) >= 11 is 0. The fourth-order valence-corrected chi connectivity index (χ4v) is 2.40. The van der Waals surface area contributed by atoms with Gasteiger partial charge >= 0.3 is 5.97 Å². The molecule has 1 amide bonds.